The Balaban J connectivity index is 2.03. The molecule has 0 atom stereocenters. The van der Waals surface area contributed by atoms with Gasteiger partial charge >= 0.3 is 0 Å². The van der Waals surface area contributed by atoms with E-state index in [-0.39, 0.29) is 0 Å². The number of aliphatic imine (C=N–C) groups is 1. The Hall–Kier alpha value is -0.590. The first kappa shape index (κ1) is 9.95. The number of rotatable bonds is 1. The number of hydrogen-bond acceptors (Lipinski definition) is 1. The summed E-state index contributed by atoms with van der Waals surface area (Å²) in [6, 6.07) is 0. The van der Waals surface area contributed by atoms with E-state index in [0.717, 1.165) is 6.54 Å². The Morgan fingerprint density at radius 1 is 0.857 bits per heavy atom. The predicted molar refractivity (Wildman–Crippen MR) is 61.9 cm³/mol. The molecule has 0 N–H and O–H groups in total. The van der Waals surface area contributed by atoms with Gasteiger partial charge in [0.05, 0.1) is 0 Å². The van der Waals surface area contributed by atoms with Gasteiger partial charge < -0.3 is 0 Å². The zero-order chi connectivity index (χ0) is 9.64. The normalized spacial score (nSPS) is 24.6. The fourth-order valence-corrected chi connectivity index (χ4v) is 2.41. The molecule has 1 heteroatoms. The third-order valence-corrected chi connectivity index (χ3v) is 3.29. The van der Waals surface area contributed by atoms with E-state index >= 15 is 0 Å². The minimum atomic E-state index is 1.08. The van der Waals surface area contributed by atoms with Crippen molar-refractivity contribution in [3.8, 4) is 0 Å². The van der Waals surface area contributed by atoms with E-state index in [4.69, 9.17) is 4.99 Å². The van der Waals surface area contributed by atoms with E-state index in [1.54, 1.807) is 5.57 Å². The van der Waals surface area contributed by atoms with Crippen LogP contribution in [0.15, 0.2) is 16.6 Å². The molecule has 2 rings (SSSR count). The van der Waals surface area contributed by atoms with Gasteiger partial charge in [-0.1, -0.05) is 18.9 Å². The molecule has 0 aromatic rings. The van der Waals surface area contributed by atoms with Crippen LogP contribution in [0.25, 0.3) is 0 Å². The standard InChI is InChI=1S/C13H21N/c1-2-5-9-12(8-4-1)13-10-6-3-7-11-14-13/h8H,1-7,9-11H2. The molecule has 0 bridgehead atoms. The molecule has 0 spiro atoms. The van der Waals surface area contributed by atoms with Crippen molar-refractivity contribution in [2.24, 2.45) is 4.99 Å². The first-order valence-corrected chi connectivity index (χ1v) is 6.19. The highest BCUT2D eigenvalue weighted by molar-refractivity contribution is 6.00. The molecule has 1 nitrogen and oxygen atoms in total. The summed E-state index contributed by atoms with van der Waals surface area (Å²) in [6.45, 7) is 1.08. The molecule has 1 aliphatic carbocycles. The summed E-state index contributed by atoms with van der Waals surface area (Å²) in [4.78, 5) is 4.74. The van der Waals surface area contributed by atoms with Crippen LogP contribution in [-0.2, 0) is 0 Å². The Morgan fingerprint density at radius 3 is 2.71 bits per heavy atom. The molecule has 0 saturated heterocycles. The molecule has 1 aliphatic heterocycles. The van der Waals surface area contributed by atoms with Crippen LogP contribution in [0.3, 0.4) is 0 Å². The average molecular weight is 191 g/mol. The third kappa shape index (κ3) is 2.70. The molecule has 0 aromatic carbocycles. The molecule has 0 unspecified atom stereocenters. The molecule has 2 aliphatic rings. The highest BCUT2D eigenvalue weighted by Crippen LogP contribution is 2.22. The fraction of sp³-hybridized carbons (Fsp3) is 0.769. The van der Waals surface area contributed by atoms with Crippen LogP contribution < -0.4 is 0 Å². The molecule has 0 saturated carbocycles. The average Bonchev–Trinajstić information content (AvgIpc) is 2.62. The topological polar surface area (TPSA) is 12.4 Å². The molecule has 0 aromatic heterocycles. The van der Waals surface area contributed by atoms with Gasteiger partial charge in [0, 0.05) is 12.3 Å². The van der Waals surface area contributed by atoms with Crippen molar-refractivity contribution >= 4 is 5.71 Å². The zero-order valence-corrected chi connectivity index (χ0v) is 9.10. The highest BCUT2D eigenvalue weighted by Gasteiger charge is 2.10. The zero-order valence-electron chi connectivity index (χ0n) is 9.10. The maximum atomic E-state index is 4.74. The van der Waals surface area contributed by atoms with Crippen molar-refractivity contribution in [3.63, 3.8) is 0 Å². The smallest absolute Gasteiger partial charge is 0.0392 e. The van der Waals surface area contributed by atoms with Crippen LogP contribution in [0.2, 0.25) is 0 Å². The summed E-state index contributed by atoms with van der Waals surface area (Å²) in [7, 11) is 0. The molecule has 1 heterocycles. The monoisotopic (exact) mass is 191 g/mol. The van der Waals surface area contributed by atoms with Gasteiger partial charge in [0.2, 0.25) is 0 Å². The van der Waals surface area contributed by atoms with Crippen LogP contribution in [0, 0.1) is 0 Å². The molecule has 0 radical (unpaired) electrons. The summed E-state index contributed by atoms with van der Waals surface area (Å²) in [5.74, 6) is 0. The van der Waals surface area contributed by atoms with E-state index in [1.807, 2.05) is 0 Å². The van der Waals surface area contributed by atoms with Crippen LogP contribution in [0.4, 0.5) is 0 Å². The molecule has 78 valence electrons. The summed E-state index contributed by atoms with van der Waals surface area (Å²) in [6.07, 6.45) is 14.5. The second kappa shape index (κ2) is 5.33. The van der Waals surface area contributed by atoms with E-state index in [2.05, 4.69) is 6.08 Å². The lowest BCUT2D eigenvalue weighted by atomic mass is 10.0. The highest BCUT2D eigenvalue weighted by atomic mass is 14.7. The number of allylic oxidation sites excluding steroid dienone is 2. The van der Waals surface area contributed by atoms with Gasteiger partial charge in [0.1, 0.15) is 0 Å². The van der Waals surface area contributed by atoms with E-state index in [0.29, 0.717) is 0 Å². The van der Waals surface area contributed by atoms with Crippen molar-refractivity contribution in [2.45, 2.75) is 57.8 Å². The maximum absolute atomic E-state index is 4.74. The minimum absolute atomic E-state index is 1.08. The van der Waals surface area contributed by atoms with Crippen molar-refractivity contribution in [1.29, 1.82) is 0 Å². The van der Waals surface area contributed by atoms with E-state index in [1.165, 1.54) is 63.5 Å². The van der Waals surface area contributed by atoms with E-state index < -0.39 is 0 Å². The molecule has 0 amide bonds. The van der Waals surface area contributed by atoms with Crippen molar-refractivity contribution in [3.05, 3.63) is 11.6 Å². The summed E-state index contributed by atoms with van der Waals surface area (Å²) < 4.78 is 0. The first-order chi connectivity index (χ1) is 6.97. The van der Waals surface area contributed by atoms with Crippen LogP contribution in [-0.4, -0.2) is 12.3 Å². The van der Waals surface area contributed by atoms with Crippen LogP contribution >= 0.6 is 0 Å². The Bertz CT molecular complexity index is 212. The van der Waals surface area contributed by atoms with Gasteiger partial charge in [-0.2, -0.15) is 0 Å². The van der Waals surface area contributed by atoms with Gasteiger partial charge in [-0.3, -0.25) is 4.99 Å². The SMILES string of the molecule is C1=C(C2=NCCCCC2)CCCCC1. The van der Waals surface area contributed by atoms with Gasteiger partial charge in [0.25, 0.3) is 0 Å². The molecular formula is C13H21N. The van der Waals surface area contributed by atoms with Crippen LogP contribution in [0.5, 0.6) is 0 Å². The third-order valence-electron chi connectivity index (χ3n) is 3.29. The second-order valence-corrected chi connectivity index (χ2v) is 4.47. The van der Waals surface area contributed by atoms with Crippen molar-refractivity contribution < 1.29 is 0 Å². The van der Waals surface area contributed by atoms with Crippen molar-refractivity contribution in [1.82, 2.24) is 0 Å². The van der Waals surface area contributed by atoms with Gasteiger partial charge in [0.15, 0.2) is 0 Å². The Labute approximate surface area is 87.3 Å². The molecular weight excluding hydrogens is 170 g/mol. The quantitative estimate of drug-likeness (QED) is 0.596. The summed E-state index contributed by atoms with van der Waals surface area (Å²) in [5.41, 5.74) is 3.04. The number of hydrogen-bond donors (Lipinski definition) is 0. The lowest BCUT2D eigenvalue weighted by Crippen LogP contribution is -2.02. The van der Waals surface area contributed by atoms with E-state index in [9.17, 15) is 0 Å². The minimum Gasteiger partial charge on any atom is -0.289 e. The van der Waals surface area contributed by atoms with Crippen LogP contribution in [0.1, 0.15) is 57.8 Å². The Kier molecular flexibility index (Phi) is 3.79. The first-order valence-electron chi connectivity index (χ1n) is 6.19. The van der Waals surface area contributed by atoms with Gasteiger partial charge in [-0.25, -0.2) is 0 Å². The summed E-state index contributed by atoms with van der Waals surface area (Å²) in [5, 5.41) is 0. The predicted octanol–water partition coefficient (Wildman–Crippen LogP) is 3.89. The largest absolute Gasteiger partial charge is 0.289 e. The van der Waals surface area contributed by atoms with Gasteiger partial charge in [-0.15, -0.1) is 0 Å². The number of nitrogens with zero attached hydrogens (tertiary/aromatic N) is 1. The maximum Gasteiger partial charge on any atom is 0.0392 e. The lowest BCUT2D eigenvalue weighted by molar-refractivity contribution is 0.713. The molecule has 0 fully saturated rings. The van der Waals surface area contributed by atoms with Crippen molar-refractivity contribution in [2.75, 3.05) is 6.54 Å². The lowest BCUT2D eigenvalue weighted by Gasteiger charge is -2.07. The van der Waals surface area contributed by atoms with Gasteiger partial charge in [-0.05, 0) is 50.5 Å². The Morgan fingerprint density at radius 2 is 1.71 bits per heavy atom. The summed E-state index contributed by atoms with van der Waals surface area (Å²) >= 11 is 0. The second-order valence-electron chi connectivity index (χ2n) is 4.47. The fourth-order valence-electron chi connectivity index (χ4n) is 2.41. The molecule has 14 heavy (non-hydrogen) atoms.